The van der Waals surface area contributed by atoms with Crippen LogP contribution in [0, 0.1) is 0 Å². The Labute approximate surface area is 163 Å². The van der Waals surface area contributed by atoms with Gasteiger partial charge in [0, 0.05) is 30.9 Å². The van der Waals surface area contributed by atoms with Gasteiger partial charge >= 0.3 is 0 Å². The number of methoxy groups -OCH3 is 1. The van der Waals surface area contributed by atoms with Gasteiger partial charge in [0.25, 0.3) is 0 Å². The van der Waals surface area contributed by atoms with Gasteiger partial charge in [0.15, 0.2) is 5.11 Å². The summed E-state index contributed by atoms with van der Waals surface area (Å²) < 4.78 is 5.21. The Morgan fingerprint density at radius 3 is 2.15 bits per heavy atom. The fourth-order valence-electron chi connectivity index (χ4n) is 4.32. The van der Waals surface area contributed by atoms with Crippen molar-refractivity contribution in [3.63, 3.8) is 0 Å². The van der Waals surface area contributed by atoms with E-state index in [-0.39, 0.29) is 0 Å². The molecule has 0 bridgehead atoms. The molecule has 1 saturated heterocycles. The van der Waals surface area contributed by atoms with E-state index in [0.717, 1.165) is 35.7 Å². The third-order valence-electron chi connectivity index (χ3n) is 6.07. The first-order chi connectivity index (χ1) is 12.7. The number of hydrogen-bond acceptors (Lipinski definition) is 3. The number of nitrogens with zero attached hydrogens (tertiary/aromatic N) is 2. The topological polar surface area (TPSA) is 27.7 Å². The van der Waals surface area contributed by atoms with E-state index in [4.69, 9.17) is 17.0 Å². The van der Waals surface area contributed by atoms with Gasteiger partial charge in [0.05, 0.1) is 7.11 Å². The first-order valence-corrected chi connectivity index (χ1v) is 10.5. The Morgan fingerprint density at radius 2 is 1.58 bits per heavy atom. The van der Waals surface area contributed by atoms with E-state index in [1.54, 1.807) is 7.11 Å². The van der Waals surface area contributed by atoms with Gasteiger partial charge < -0.3 is 19.9 Å². The van der Waals surface area contributed by atoms with Gasteiger partial charge in [-0.1, -0.05) is 25.7 Å². The summed E-state index contributed by atoms with van der Waals surface area (Å²) in [5, 5.41) is 4.21. The minimum absolute atomic E-state index is 0.707. The molecule has 0 spiro atoms. The fraction of sp³-hybridized carbons (Fsp3) is 0.667. The highest BCUT2D eigenvalue weighted by Crippen LogP contribution is 2.26. The zero-order valence-electron chi connectivity index (χ0n) is 16.2. The van der Waals surface area contributed by atoms with E-state index in [0.29, 0.717) is 6.04 Å². The maximum absolute atomic E-state index is 5.63. The third-order valence-corrected chi connectivity index (χ3v) is 6.43. The van der Waals surface area contributed by atoms with E-state index in [1.165, 1.54) is 51.4 Å². The summed E-state index contributed by atoms with van der Waals surface area (Å²) in [4.78, 5) is 5.00. The van der Waals surface area contributed by atoms with Crippen LogP contribution in [0.15, 0.2) is 24.3 Å². The van der Waals surface area contributed by atoms with E-state index in [1.807, 2.05) is 24.3 Å². The van der Waals surface area contributed by atoms with Crippen LogP contribution in [0.5, 0.6) is 5.75 Å². The van der Waals surface area contributed by atoms with Crippen LogP contribution >= 0.6 is 12.2 Å². The van der Waals surface area contributed by atoms with E-state index in [2.05, 4.69) is 22.2 Å². The summed E-state index contributed by atoms with van der Waals surface area (Å²) in [6, 6.07) is 9.43. The number of piperidine rings is 1. The van der Waals surface area contributed by atoms with Crippen LogP contribution in [0.3, 0.4) is 0 Å². The number of rotatable bonds is 4. The molecule has 1 aromatic rings. The number of anilines is 1. The second-order valence-corrected chi connectivity index (χ2v) is 8.07. The fourth-order valence-corrected chi connectivity index (χ4v) is 4.62. The van der Waals surface area contributed by atoms with Crippen molar-refractivity contribution in [1.82, 2.24) is 9.80 Å². The minimum Gasteiger partial charge on any atom is -0.497 e. The summed E-state index contributed by atoms with van der Waals surface area (Å²) in [5.74, 6) is 0.865. The third kappa shape index (κ3) is 5.10. The molecule has 0 amide bonds. The Kier molecular flexibility index (Phi) is 7.15. The Bertz CT molecular complexity index is 561. The van der Waals surface area contributed by atoms with Crippen LogP contribution in [0.2, 0.25) is 0 Å². The zero-order valence-corrected chi connectivity index (χ0v) is 17.1. The van der Waals surface area contributed by atoms with Crippen molar-refractivity contribution in [1.29, 1.82) is 0 Å². The number of hydrogen-bond donors (Lipinski definition) is 1. The van der Waals surface area contributed by atoms with E-state index >= 15 is 0 Å². The maximum atomic E-state index is 5.63. The van der Waals surface area contributed by atoms with E-state index in [9.17, 15) is 0 Å². The summed E-state index contributed by atoms with van der Waals surface area (Å²) in [6.07, 6.45) is 10.8. The second-order valence-electron chi connectivity index (χ2n) is 7.69. The molecule has 0 atom stereocenters. The first kappa shape index (κ1) is 19.4. The Balaban J connectivity index is 1.46. The van der Waals surface area contributed by atoms with Crippen molar-refractivity contribution in [3.8, 4) is 5.75 Å². The van der Waals surface area contributed by atoms with Crippen LogP contribution in [0.25, 0.3) is 0 Å². The monoisotopic (exact) mass is 375 g/mol. The van der Waals surface area contributed by atoms with Crippen LogP contribution in [-0.2, 0) is 0 Å². The van der Waals surface area contributed by atoms with Gasteiger partial charge in [-0.15, -0.1) is 0 Å². The minimum atomic E-state index is 0.707. The highest BCUT2D eigenvalue weighted by Gasteiger charge is 2.28. The summed E-state index contributed by atoms with van der Waals surface area (Å²) in [5.41, 5.74) is 1.02. The number of benzene rings is 1. The molecule has 5 heteroatoms. The lowest BCUT2D eigenvalue weighted by atomic mass is 9.99. The van der Waals surface area contributed by atoms with Crippen molar-refractivity contribution in [3.05, 3.63) is 24.3 Å². The highest BCUT2D eigenvalue weighted by molar-refractivity contribution is 7.80. The average Bonchev–Trinajstić information content (AvgIpc) is 2.97. The van der Waals surface area contributed by atoms with Crippen molar-refractivity contribution in [2.24, 2.45) is 0 Å². The molecular formula is C21H33N3OS. The number of likely N-dealkylation sites (tertiary alicyclic amines) is 1. The molecule has 0 aromatic heterocycles. The van der Waals surface area contributed by atoms with Crippen molar-refractivity contribution in [2.45, 2.75) is 63.5 Å². The Morgan fingerprint density at radius 1 is 1.00 bits per heavy atom. The normalized spacial score (nSPS) is 20.0. The predicted molar refractivity (Wildman–Crippen MR) is 113 cm³/mol. The van der Waals surface area contributed by atoms with Gasteiger partial charge in [-0.3, -0.25) is 0 Å². The smallest absolute Gasteiger partial charge is 0.173 e. The van der Waals surface area contributed by atoms with Crippen LogP contribution in [0.4, 0.5) is 5.69 Å². The lowest BCUT2D eigenvalue weighted by molar-refractivity contribution is 0.111. The molecule has 1 saturated carbocycles. The van der Waals surface area contributed by atoms with Crippen molar-refractivity contribution < 1.29 is 4.74 Å². The number of nitrogens with one attached hydrogen (secondary N) is 1. The number of ether oxygens (including phenoxy) is 1. The lowest BCUT2D eigenvalue weighted by Crippen LogP contribution is -2.49. The summed E-state index contributed by atoms with van der Waals surface area (Å²) in [7, 11) is 4.04. The van der Waals surface area contributed by atoms with Crippen LogP contribution < -0.4 is 10.1 Å². The molecule has 3 rings (SSSR count). The van der Waals surface area contributed by atoms with Crippen LogP contribution in [0.1, 0.15) is 51.4 Å². The highest BCUT2D eigenvalue weighted by atomic mass is 32.1. The molecule has 26 heavy (non-hydrogen) atoms. The molecule has 0 unspecified atom stereocenters. The first-order valence-electron chi connectivity index (χ1n) is 10.1. The maximum Gasteiger partial charge on any atom is 0.173 e. The average molecular weight is 376 g/mol. The molecule has 144 valence electrons. The van der Waals surface area contributed by atoms with Gasteiger partial charge in [-0.2, -0.15) is 0 Å². The Hall–Kier alpha value is -1.33. The lowest BCUT2D eigenvalue weighted by Gasteiger charge is -2.41. The van der Waals surface area contributed by atoms with E-state index < -0.39 is 0 Å². The molecule has 4 nitrogen and oxygen atoms in total. The molecule has 1 aromatic carbocycles. The van der Waals surface area contributed by atoms with Crippen LogP contribution in [-0.4, -0.2) is 54.2 Å². The second kappa shape index (κ2) is 9.56. The predicted octanol–water partition coefficient (Wildman–Crippen LogP) is 4.51. The quantitative estimate of drug-likeness (QED) is 0.617. The van der Waals surface area contributed by atoms with Gasteiger partial charge in [-0.25, -0.2) is 0 Å². The standard InChI is InChI=1S/C21H33N3OS/c1-23(18-7-5-3-4-6-8-18)19-13-15-24(16-14-19)21(26)22-17-9-11-20(25-2)12-10-17/h9-12,18-19H,3-8,13-16H2,1-2H3,(H,22,26). The molecule has 1 heterocycles. The van der Waals surface area contributed by atoms with Gasteiger partial charge in [-0.05, 0) is 69.2 Å². The van der Waals surface area contributed by atoms with Crippen molar-refractivity contribution in [2.75, 3.05) is 32.6 Å². The molecule has 2 fully saturated rings. The molecule has 0 radical (unpaired) electrons. The van der Waals surface area contributed by atoms with Gasteiger partial charge in [0.1, 0.15) is 5.75 Å². The van der Waals surface area contributed by atoms with Crippen molar-refractivity contribution >= 4 is 23.0 Å². The SMILES string of the molecule is COc1ccc(NC(=S)N2CCC(N(C)C3CCCCCC3)CC2)cc1. The van der Waals surface area contributed by atoms with Gasteiger partial charge in [0.2, 0.25) is 0 Å². The number of thiocarbonyl (C=S) groups is 1. The summed E-state index contributed by atoms with van der Waals surface area (Å²) in [6.45, 7) is 2.09. The molecule has 2 aliphatic rings. The molecule has 1 N–H and O–H groups in total. The molecular weight excluding hydrogens is 342 g/mol. The largest absolute Gasteiger partial charge is 0.497 e. The zero-order chi connectivity index (χ0) is 18.4. The molecule has 1 aliphatic carbocycles. The summed E-state index contributed by atoms with van der Waals surface area (Å²) >= 11 is 5.63. The molecule has 1 aliphatic heterocycles.